The third kappa shape index (κ3) is 3.99. The van der Waals surface area contributed by atoms with Crippen LogP contribution in [0.15, 0.2) is 60.7 Å². The molecule has 5 rings (SSSR count). The summed E-state index contributed by atoms with van der Waals surface area (Å²) in [6.45, 7) is 3.33. The largest absolute Gasteiger partial charge is 0.339 e. The van der Waals surface area contributed by atoms with E-state index >= 15 is 0 Å². The van der Waals surface area contributed by atoms with Gasteiger partial charge >= 0.3 is 0 Å². The molecular weight excluding hydrogens is 386 g/mol. The molecule has 2 saturated heterocycles. The molecule has 2 aromatic rings. The number of carbonyl (C=O) groups is 2. The molecule has 1 amide bonds. The van der Waals surface area contributed by atoms with Gasteiger partial charge in [0.1, 0.15) is 11.3 Å². The number of nitrogens with zero attached hydrogens (tertiary/aromatic N) is 2. The highest BCUT2D eigenvalue weighted by molar-refractivity contribution is 5.93. The van der Waals surface area contributed by atoms with Gasteiger partial charge in [0.2, 0.25) is 5.91 Å². The lowest BCUT2D eigenvalue weighted by molar-refractivity contribution is -0.125. The Hall–Kier alpha value is -2.66. The van der Waals surface area contributed by atoms with Crippen molar-refractivity contribution in [2.24, 2.45) is 5.92 Å². The molecule has 162 valence electrons. The van der Waals surface area contributed by atoms with E-state index in [9.17, 15) is 9.59 Å². The Labute approximate surface area is 184 Å². The Balaban J connectivity index is 1.10. The van der Waals surface area contributed by atoms with Gasteiger partial charge in [0, 0.05) is 31.1 Å². The second-order valence-corrected chi connectivity index (χ2v) is 9.23. The van der Waals surface area contributed by atoms with E-state index in [0.717, 1.165) is 51.0 Å². The minimum atomic E-state index is -0.426. The summed E-state index contributed by atoms with van der Waals surface area (Å²) in [7, 11) is 0. The summed E-state index contributed by atoms with van der Waals surface area (Å²) in [6, 6.07) is 20.7. The maximum Gasteiger partial charge on any atom is 0.247 e. The van der Waals surface area contributed by atoms with Crippen LogP contribution in [-0.2, 0) is 9.59 Å². The fraction of sp³-hybridized carbons (Fsp3) is 0.462. The molecule has 5 heteroatoms. The van der Waals surface area contributed by atoms with E-state index in [4.69, 9.17) is 0 Å². The van der Waals surface area contributed by atoms with Crippen molar-refractivity contribution in [3.8, 4) is 0 Å². The number of amides is 1. The molecule has 1 unspecified atom stereocenters. The molecule has 0 bridgehead atoms. The quantitative estimate of drug-likeness (QED) is 0.748. The summed E-state index contributed by atoms with van der Waals surface area (Å²) in [4.78, 5) is 30.0. The molecule has 0 aromatic heterocycles. The molecule has 1 saturated carbocycles. The highest BCUT2D eigenvalue weighted by Crippen LogP contribution is 2.48. The van der Waals surface area contributed by atoms with E-state index < -0.39 is 5.54 Å². The van der Waals surface area contributed by atoms with Crippen molar-refractivity contribution in [3.05, 3.63) is 66.2 Å². The average molecular weight is 418 g/mol. The van der Waals surface area contributed by atoms with E-state index in [2.05, 4.69) is 51.5 Å². The summed E-state index contributed by atoms with van der Waals surface area (Å²) < 4.78 is 0. The SMILES string of the molecule is O=C(CCCN1CCC2(CC1)C(=O)NCN2c1ccccc1)C1C[C@H]1c1ccccc1. The molecule has 2 heterocycles. The van der Waals surface area contributed by atoms with Crippen LogP contribution < -0.4 is 10.2 Å². The lowest BCUT2D eigenvalue weighted by atomic mass is 9.85. The van der Waals surface area contributed by atoms with Gasteiger partial charge < -0.3 is 15.1 Å². The highest BCUT2D eigenvalue weighted by Gasteiger charge is 2.50. The maximum atomic E-state index is 12.8. The number of rotatable bonds is 7. The Bertz CT molecular complexity index is 922. The van der Waals surface area contributed by atoms with Crippen molar-refractivity contribution in [1.29, 1.82) is 0 Å². The monoisotopic (exact) mass is 417 g/mol. The first-order valence-corrected chi connectivity index (χ1v) is 11.6. The zero-order chi connectivity index (χ0) is 21.3. The summed E-state index contributed by atoms with van der Waals surface area (Å²) in [5, 5.41) is 3.06. The Morgan fingerprint density at radius 1 is 1.00 bits per heavy atom. The van der Waals surface area contributed by atoms with E-state index in [1.807, 2.05) is 24.3 Å². The van der Waals surface area contributed by atoms with Crippen LogP contribution in [0.4, 0.5) is 5.69 Å². The van der Waals surface area contributed by atoms with Gasteiger partial charge in [-0.1, -0.05) is 48.5 Å². The summed E-state index contributed by atoms with van der Waals surface area (Å²) in [5.74, 6) is 1.25. The number of nitrogens with one attached hydrogen (secondary N) is 1. The second kappa shape index (κ2) is 8.46. The first-order valence-electron chi connectivity index (χ1n) is 11.6. The number of ketones is 1. The molecule has 1 aliphatic carbocycles. The molecule has 5 nitrogen and oxygen atoms in total. The predicted octanol–water partition coefficient (Wildman–Crippen LogP) is 3.57. The van der Waals surface area contributed by atoms with Crippen LogP contribution in [0, 0.1) is 5.92 Å². The minimum Gasteiger partial charge on any atom is -0.339 e. The fourth-order valence-corrected chi connectivity index (χ4v) is 5.46. The molecule has 2 atom stereocenters. The van der Waals surface area contributed by atoms with Crippen LogP contribution in [0.2, 0.25) is 0 Å². The second-order valence-electron chi connectivity index (χ2n) is 9.23. The number of carbonyl (C=O) groups excluding carboxylic acids is 2. The van der Waals surface area contributed by atoms with Crippen molar-refractivity contribution in [1.82, 2.24) is 10.2 Å². The number of para-hydroxylation sites is 1. The van der Waals surface area contributed by atoms with Gasteiger partial charge in [0.15, 0.2) is 0 Å². The van der Waals surface area contributed by atoms with E-state index in [1.165, 1.54) is 5.56 Å². The number of Topliss-reactive ketones (excluding diaryl/α,β-unsaturated/α-hetero) is 1. The van der Waals surface area contributed by atoms with Gasteiger partial charge in [-0.3, -0.25) is 9.59 Å². The topological polar surface area (TPSA) is 52.7 Å². The Morgan fingerprint density at radius 2 is 1.68 bits per heavy atom. The molecule has 0 radical (unpaired) electrons. The van der Waals surface area contributed by atoms with Crippen molar-refractivity contribution in [2.45, 2.75) is 43.6 Å². The molecule has 2 aliphatic heterocycles. The van der Waals surface area contributed by atoms with Crippen LogP contribution >= 0.6 is 0 Å². The van der Waals surface area contributed by atoms with Crippen LogP contribution in [0.1, 0.15) is 43.6 Å². The summed E-state index contributed by atoms with van der Waals surface area (Å²) in [6.07, 6.45) is 4.27. The van der Waals surface area contributed by atoms with Crippen LogP contribution in [0.3, 0.4) is 0 Å². The van der Waals surface area contributed by atoms with Crippen LogP contribution in [-0.4, -0.2) is 48.4 Å². The van der Waals surface area contributed by atoms with Crippen LogP contribution in [0.25, 0.3) is 0 Å². The van der Waals surface area contributed by atoms with E-state index in [-0.39, 0.29) is 11.8 Å². The van der Waals surface area contributed by atoms with Crippen LogP contribution in [0.5, 0.6) is 0 Å². The smallest absolute Gasteiger partial charge is 0.247 e. The van der Waals surface area contributed by atoms with E-state index in [1.54, 1.807) is 0 Å². The normalized spacial score (nSPS) is 24.9. The standard InChI is InChI=1S/C26H31N3O2/c30-24(23-18-22(23)20-8-3-1-4-9-20)12-7-15-28-16-13-26(14-17-28)25(31)27-19-29(26)21-10-5-2-6-11-21/h1-6,8-11,22-23H,7,12-19H2,(H,27,31)/t22-,23?/m0/s1. The zero-order valence-electron chi connectivity index (χ0n) is 18.0. The number of hydrogen-bond donors (Lipinski definition) is 1. The van der Waals surface area contributed by atoms with Gasteiger partial charge in [-0.2, -0.15) is 0 Å². The van der Waals surface area contributed by atoms with Crippen molar-refractivity contribution < 1.29 is 9.59 Å². The number of anilines is 1. The summed E-state index contributed by atoms with van der Waals surface area (Å²) >= 11 is 0. The Morgan fingerprint density at radius 3 is 2.39 bits per heavy atom. The highest BCUT2D eigenvalue weighted by atomic mass is 16.2. The first kappa shape index (κ1) is 20.3. The third-order valence-electron chi connectivity index (χ3n) is 7.42. The average Bonchev–Trinajstić information content (AvgIpc) is 3.56. The molecule has 1 spiro atoms. The van der Waals surface area contributed by atoms with Gasteiger partial charge in [-0.15, -0.1) is 0 Å². The molecular formula is C26H31N3O2. The lowest BCUT2D eigenvalue weighted by Gasteiger charge is -2.43. The van der Waals surface area contributed by atoms with Crippen molar-refractivity contribution in [3.63, 3.8) is 0 Å². The number of likely N-dealkylation sites (tertiary alicyclic amines) is 1. The predicted molar refractivity (Wildman–Crippen MR) is 122 cm³/mol. The summed E-state index contributed by atoms with van der Waals surface area (Å²) in [5.41, 5.74) is 1.99. The molecule has 1 N–H and O–H groups in total. The maximum absolute atomic E-state index is 12.8. The van der Waals surface area contributed by atoms with Gasteiger partial charge in [-0.05, 0) is 55.8 Å². The van der Waals surface area contributed by atoms with Crippen molar-refractivity contribution >= 4 is 17.4 Å². The molecule has 3 aliphatic rings. The number of piperidine rings is 1. The lowest BCUT2D eigenvalue weighted by Crippen LogP contribution is -2.56. The molecule has 3 fully saturated rings. The fourth-order valence-electron chi connectivity index (χ4n) is 5.46. The van der Waals surface area contributed by atoms with Crippen molar-refractivity contribution in [2.75, 3.05) is 31.2 Å². The van der Waals surface area contributed by atoms with Gasteiger partial charge in [0.25, 0.3) is 0 Å². The molecule has 2 aromatic carbocycles. The Kier molecular flexibility index (Phi) is 5.53. The minimum absolute atomic E-state index is 0.159. The molecule has 31 heavy (non-hydrogen) atoms. The number of benzene rings is 2. The number of hydrogen-bond acceptors (Lipinski definition) is 4. The van der Waals surface area contributed by atoms with E-state index in [0.29, 0.717) is 24.8 Å². The zero-order valence-corrected chi connectivity index (χ0v) is 18.0. The van der Waals surface area contributed by atoms with Gasteiger partial charge in [-0.25, -0.2) is 0 Å². The van der Waals surface area contributed by atoms with Gasteiger partial charge in [0.05, 0.1) is 6.67 Å². The third-order valence-corrected chi connectivity index (χ3v) is 7.42. The first-order chi connectivity index (χ1) is 15.2.